The lowest BCUT2D eigenvalue weighted by Gasteiger charge is -2.28. The standard InChI is InChI=1S/C20H24ClN3O/c1-13(19-9-15-2-5-16(19)8-15)23-12-17(10-22)20(25)24-11-14-3-6-18(21)7-4-14/h3-4,6-7,12-13,15-16,19,23H,2,5,8-9,11H2,1H3,(H,24,25)/b17-12-. The van der Waals surface area contributed by atoms with Gasteiger partial charge in [0.15, 0.2) is 0 Å². The zero-order chi connectivity index (χ0) is 17.8. The second kappa shape index (κ2) is 7.93. The second-order valence-corrected chi connectivity index (χ2v) is 7.71. The van der Waals surface area contributed by atoms with Gasteiger partial charge in [-0.05, 0) is 61.6 Å². The van der Waals surface area contributed by atoms with Crippen LogP contribution in [0.15, 0.2) is 36.0 Å². The van der Waals surface area contributed by atoms with Crippen molar-refractivity contribution in [2.24, 2.45) is 17.8 Å². The lowest BCUT2D eigenvalue weighted by atomic mass is 9.84. The molecule has 1 aromatic rings. The second-order valence-electron chi connectivity index (χ2n) is 7.27. The largest absolute Gasteiger partial charge is 0.387 e. The van der Waals surface area contributed by atoms with Gasteiger partial charge in [-0.2, -0.15) is 5.26 Å². The van der Waals surface area contributed by atoms with Crippen LogP contribution in [-0.4, -0.2) is 11.9 Å². The van der Waals surface area contributed by atoms with Crippen molar-refractivity contribution in [3.05, 3.63) is 46.6 Å². The van der Waals surface area contributed by atoms with Crippen LogP contribution in [0.3, 0.4) is 0 Å². The number of rotatable bonds is 6. The quantitative estimate of drug-likeness (QED) is 0.601. The van der Waals surface area contributed by atoms with Crippen molar-refractivity contribution in [1.82, 2.24) is 10.6 Å². The van der Waals surface area contributed by atoms with Crippen LogP contribution < -0.4 is 10.6 Å². The number of nitrogens with zero attached hydrogens (tertiary/aromatic N) is 1. The molecular formula is C20H24ClN3O. The van der Waals surface area contributed by atoms with Gasteiger partial charge in [0, 0.05) is 23.8 Å². The minimum atomic E-state index is -0.356. The van der Waals surface area contributed by atoms with Crippen molar-refractivity contribution in [1.29, 1.82) is 5.26 Å². The third-order valence-corrected chi connectivity index (χ3v) is 5.91. The summed E-state index contributed by atoms with van der Waals surface area (Å²) in [7, 11) is 0. The molecule has 25 heavy (non-hydrogen) atoms. The fourth-order valence-corrected chi connectivity index (χ4v) is 4.40. The molecule has 4 atom stereocenters. The smallest absolute Gasteiger partial charge is 0.263 e. The lowest BCUT2D eigenvalue weighted by molar-refractivity contribution is -0.117. The Morgan fingerprint density at radius 3 is 2.72 bits per heavy atom. The summed E-state index contributed by atoms with van der Waals surface area (Å²) in [6.45, 7) is 2.53. The topological polar surface area (TPSA) is 64.9 Å². The number of hydrogen-bond donors (Lipinski definition) is 2. The summed E-state index contributed by atoms with van der Waals surface area (Å²) in [4.78, 5) is 12.2. The third-order valence-electron chi connectivity index (χ3n) is 5.66. The fraction of sp³-hybridized carbons (Fsp3) is 0.500. The van der Waals surface area contributed by atoms with Gasteiger partial charge >= 0.3 is 0 Å². The molecule has 5 heteroatoms. The van der Waals surface area contributed by atoms with Gasteiger partial charge in [0.1, 0.15) is 11.6 Å². The molecule has 0 spiro atoms. The van der Waals surface area contributed by atoms with Crippen molar-refractivity contribution >= 4 is 17.5 Å². The average Bonchev–Trinajstić information content (AvgIpc) is 3.25. The summed E-state index contributed by atoms with van der Waals surface area (Å²) in [6, 6.07) is 9.56. The van der Waals surface area contributed by atoms with Crippen molar-refractivity contribution in [2.45, 2.75) is 45.2 Å². The molecule has 2 aliphatic rings. The van der Waals surface area contributed by atoms with Gasteiger partial charge in [0.25, 0.3) is 5.91 Å². The highest BCUT2D eigenvalue weighted by Gasteiger charge is 2.41. The Morgan fingerprint density at radius 2 is 2.12 bits per heavy atom. The molecule has 1 amide bonds. The summed E-state index contributed by atoms with van der Waals surface area (Å²) >= 11 is 5.85. The van der Waals surface area contributed by atoms with Crippen LogP contribution in [0.5, 0.6) is 0 Å². The van der Waals surface area contributed by atoms with Crippen LogP contribution in [0.25, 0.3) is 0 Å². The summed E-state index contributed by atoms with van der Waals surface area (Å²) in [6.07, 6.45) is 6.91. The van der Waals surface area contributed by atoms with Crippen LogP contribution >= 0.6 is 11.6 Å². The van der Waals surface area contributed by atoms with Gasteiger partial charge in [0.2, 0.25) is 0 Å². The Kier molecular flexibility index (Phi) is 5.65. The van der Waals surface area contributed by atoms with Gasteiger partial charge in [-0.3, -0.25) is 4.79 Å². The molecule has 1 aromatic carbocycles. The molecular weight excluding hydrogens is 334 g/mol. The predicted molar refractivity (Wildman–Crippen MR) is 98.5 cm³/mol. The van der Waals surface area contributed by atoms with E-state index in [4.69, 9.17) is 11.6 Å². The summed E-state index contributed by atoms with van der Waals surface area (Å²) in [5, 5.41) is 16.0. The van der Waals surface area contributed by atoms with Crippen LogP contribution in [0.4, 0.5) is 0 Å². The maximum Gasteiger partial charge on any atom is 0.263 e. The van der Waals surface area contributed by atoms with Crippen LogP contribution in [0.2, 0.25) is 5.02 Å². The minimum absolute atomic E-state index is 0.115. The molecule has 0 heterocycles. The number of benzene rings is 1. The van der Waals surface area contributed by atoms with E-state index in [2.05, 4.69) is 17.6 Å². The molecule has 2 bridgehead atoms. The van der Waals surface area contributed by atoms with E-state index in [1.54, 1.807) is 18.3 Å². The van der Waals surface area contributed by atoms with Gasteiger partial charge in [-0.25, -0.2) is 0 Å². The lowest BCUT2D eigenvalue weighted by Crippen LogP contribution is -2.34. The van der Waals surface area contributed by atoms with Crippen molar-refractivity contribution in [3.8, 4) is 6.07 Å². The summed E-state index contributed by atoms with van der Waals surface area (Å²) in [5.41, 5.74) is 1.06. The van der Waals surface area contributed by atoms with E-state index in [0.717, 1.165) is 17.4 Å². The number of amides is 1. The fourth-order valence-electron chi connectivity index (χ4n) is 4.27. The molecule has 2 aliphatic carbocycles. The Morgan fingerprint density at radius 1 is 1.36 bits per heavy atom. The molecule has 0 radical (unpaired) electrons. The molecule has 0 aliphatic heterocycles. The Bertz CT molecular complexity index is 692. The van der Waals surface area contributed by atoms with Crippen LogP contribution in [0.1, 0.15) is 38.2 Å². The van der Waals surface area contributed by atoms with Crippen molar-refractivity contribution in [2.75, 3.05) is 0 Å². The molecule has 2 saturated carbocycles. The maximum atomic E-state index is 12.2. The van der Waals surface area contributed by atoms with Crippen LogP contribution in [-0.2, 0) is 11.3 Å². The predicted octanol–water partition coefficient (Wildman–Crippen LogP) is 3.78. The number of hydrogen-bond acceptors (Lipinski definition) is 3. The number of carbonyl (C=O) groups excluding carboxylic acids is 1. The number of nitriles is 1. The molecule has 0 saturated heterocycles. The van der Waals surface area contributed by atoms with E-state index < -0.39 is 0 Å². The Balaban J connectivity index is 1.52. The van der Waals surface area contributed by atoms with E-state index in [0.29, 0.717) is 23.5 Å². The molecule has 132 valence electrons. The summed E-state index contributed by atoms with van der Waals surface area (Å²) in [5.74, 6) is 2.00. The van der Waals surface area contributed by atoms with Gasteiger partial charge < -0.3 is 10.6 Å². The van der Waals surface area contributed by atoms with E-state index in [1.165, 1.54) is 25.7 Å². The first kappa shape index (κ1) is 17.8. The number of nitrogens with one attached hydrogen (secondary N) is 2. The molecule has 3 rings (SSSR count). The molecule has 2 N–H and O–H groups in total. The molecule has 2 fully saturated rings. The summed E-state index contributed by atoms with van der Waals surface area (Å²) < 4.78 is 0. The molecule has 4 unspecified atom stereocenters. The number of fused-ring (bicyclic) bond motifs is 2. The maximum absolute atomic E-state index is 12.2. The monoisotopic (exact) mass is 357 g/mol. The number of carbonyl (C=O) groups is 1. The van der Waals surface area contributed by atoms with Gasteiger partial charge in [0.05, 0.1) is 0 Å². The molecule has 4 nitrogen and oxygen atoms in total. The highest BCUT2D eigenvalue weighted by Crippen LogP contribution is 2.49. The number of halogens is 1. The van der Waals surface area contributed by atoms with E-state index in [-0.39, 0.29) is 11.5 Å². The minimum Gasteiger partial charge on any atom is -0.387 e. The third kappa shape index (κ3) is 4.35. The zero-order valence-electron chi connectivity index (χ0n) is 14.5. The Hall–Kier alpha value is -1.99. The molecule has 0 aromatic heterocycles. The van der Waals surface area contributed by atoms with Gasteiger partial charge in [-0.1, -0.05) is 30.2 Å². The van der Waals surface area contributed by atoms with E-state index >= 15 is 0 Å². The SMILES string of the molecule is CC(N/C=C(/C#N)C(=O)NCc1ccc(Cl)cc1)C1CC2CCC1C2. The normalized spacial score (nSPS) is 26.1. The first-order valence-corrected chi connectivity index (χ1v) is 9.33. The first-order valence-electron chi connectivity index (χ1n) is 8.95. The van der Waals surface area contributed by atoms with Crippen molar-refractivity contribution in [3.63, 3.8) is 0 Å². The average molecular weight is 358 g/mol. The highest BCUT2D eigenvalue weighted by atomic mass is 35.5. The van der Waals surface area contributed by atoms with Crippen LogP contribution in [0, 0.1) is 29.1 Å². The van der Waals surface area contributed by atoms with E-state index in [1.807, 2.05) is 18.2 Å². The zero-order valence-corrected chi connectivity index (χ0v) is 15.2. The highest BCUT2D eigenvalue weighted by molar-refractivity contribution is 6.30. The van der Waals surface area contributed by atoms with E-state index in [9.17, 15) is 10.1 Å². The van der Waals surface area contributed by atoms with Crippen molar-refractivity contribution < 1.29 is 4.79 Å². The first-order chi connectivity index (χ1) is 12.1. The van der Waals surface area contributed by atoms with Gasteiger partial charge in [-0.15, -0.1) is 0 Å². The Labute approximate surface area is 154 Å².